The molecule has 5 rings (SSSR count). The van der Waals surface area contributed by atoms with Gasteiger partial charge in [-0.3, -0.25) is 0 Å². The zero-order chi connectivity index (χ0) is 17.4. The first-order valence-electron chi connectivity index (χ1n) is 8.98. The number of anilines is 1. The Hall–Kier alpha value is -3.32. The Morgan fingerprint density at radius 2 is 0.923 bits per heavy atom. The molecule has 26 heavy (non-hydrogen) atoms. The van der Waals surface area contributed by atoms with Gasteiger partial charge in [-0.15, -0.1) is 0 Å². The van der Waals surface area contributed by atoms with E-state index in [2.05, 4.69) is 115 Å². The van der Waals surface area contributed by atoms with Gasteiger partial charge in [-0.2, -0.15) is 0 Å². The quantitative estimate of drug-likeness (QED) is 0.480. The third-order valence-corrected chi connectivity index (χ3v) is 5.26. The van der Waals surface area contributed by atoms with Crippen molar-refractivity contribution >= 4 is 5.69 Å². The van der Waals surface area contributed by atoms with Gasteiger partial charge in [0.2, 0.25) is 0 Å². The summed E-state index contributed by atoms with van der Waals surface area (Å²) in [5.41, 5.74) is 7.18. The fourth-order valence-electron chi connectivity index (χ4n) is 4.18. The molecule has 0 radical (unpaired) electrons. The van der Waals surface area contributed by atoms with Crippen LogP contribution in [-0.2, 0) is 5.54 Å². The van der Waals surface area contributed by atoms with E-state index in [0.717, 1.165) is 5.69 Å². The van der Waals surface area contributed by atoms with Crippen molar-refractivity contribution in [3.05, 3.63) is 126 Å². The molecule has 0 aromatic heterocycles. The number of hydrogen-bond acceptors (Lipinski definition) is 1. The molecule has 1 aliphatic rings. The molecule has 1 nitrogen and oxygen atoms in total. The summed E-state index contributed by atoms with van der Waals surface area (Å²) in [5, 5.41) is 3.88. The smallest absolute Gasteiger partial charge is 0.115 e. The van der Waals surface area contributed by atoms with Crippen molar-refractivity contribution in [2.45, 2.75) is 5.54 Å². The summed E-state index contributed by atoms with van der Waals surface area (Å²) in [6.45, 7) is 0. The SMILES string of the molecule is c1ccc(NC2(c3ccccc3)c3ccccc3-c3ccccc32)cc1. The fraction of sp³-hybridized carbons (Fsp3) is 0.0400. The minimum Gasteiger partial charge on any atom is -0.368 e. The van der Waals surface area contributed by atoms with E-state index in [1.165, 1.54) is 27.8 Å². The van der Waals surface area contributed by atoms with Crippen LogP contribution in [0.1, 0.15) is 16.7 Å². The summed E-state index contributed by atoms with van der Waals surface area (Å²) < 4.78 is 0. The molecule has 0 bridgehead atoms. The van der Waals surface area contributed by atoms with Gasteiger partial charge in [-0.1, -0.05) is 97.1 Å². The first-order chi connectivity index (χ1) is 12.9. The Morgan fingerprint density at radius 1 is 0.462 bits per heavy atom. The number of benzene rings is 4. The summed E-state index contributed by atoms with van der Waals surface area (Å²) in [6, 6.07) is 38.7. The summed E-state index contributed by atoms with van der Waals surface area (Å²) in [6.07, 6.45) is 0. The van der Waals surface area contributed by atoms with E-state index in [0.29, 0.717) is 0 Å². The summed E-state index contributed by atoms with van der Waals surface area (Å²) in [7, 11) is 0. The van der Waals surface area contributed by atoms with Crippen molar-refractivity contribution < 1.29 is 0 Å². The molecule has 1 N–H and O–H groups in total. The van der Waals surface area contributed by atoms with Gasteiger partial charge in [-0.05, 0) is 39.9 Å². The second-order valence-electron chi connectivity index (χ2n) is 6.70. The molecule has 124 valence electrons. The van der Waals surface area contributed by atoms with Gasteiger partial charge >= 0.3 is 0 Å². The average Bonchev–Trinajstić information content (AvgIpc) is 3.01. The largest absolute Gasteiger partial charge is 0.368 e. The maximum Gasteiger partial charge on any atom is 0.115 e. The van der Waals surface area contributed by atoms with E-state index >= 15 is 0 Å². The molecule has 0 atom stereocenters. The molecule has 0 heterocycles. The van der Waals surface area contributed by atoms with Crippen molar-refractivity contribution in [3.8, 4) is 11.1 Å². The maximum absolute atomic E-state index is 3.88. The molecular formula is C25H19N. The molecule has 0 saturated carbocycles. The summed E-state index contributed by atoms with van der Waals surface area (Å²) in [5.74, 6) is 0. The minimum absolute atomic E-state index is 0.393. The van der Waals surface area contributed by atoms with Crippen LogP contribution in [0.4, 0.5) is 5.69 Å². The Balaban J connectivity index is 1.85. The van der Waals surface area contributed by atoms with Crippen molar-refractivity contribution in [1.82, 2.24) is 0 Å². The molecule has 0 fully saturated rings. The van der Waals surface area contributed by atoms with Crippen LogP contribution in [-0.4, -0.2) is 0 Å². The molecule has 0 saturated heterocycles. The zero-order valence-corrected chi connectivity index (χ0v) is 14.4. The van der Waals surface area contributed by atoms with Crippen LogP contribution in [0.3, 0.4) is 0 Å². The van der Waals surface area contributed by atoms with E-state index in [1.54, 1.807) is 0 Å². The van der Waals surface area contributed by atoms with E-state index in [-0.39, 0.29) is 0 Å². The highest BCUT2D eigenvalue weighted by Crippen LogP contribution is 2.52. The highest BCUT2D eigenvalue weighted by atomic mass is 15.0. The molecule has 0 unspecified atom stereocenters. The summed E-state index contributed by atoms with van der Waals surface area (Å²) >= 11 is 0. The fourth-order valence-corrected chi connectivity index (χ4v) is 4.18. The third kappa shape index (κ3) is 2.11. The average molecular weight is 333 g/mol. The Bertz CT molecular complexity index is 1010. The predicted octanol–water partition coefficient (Wildman–Crippen LogP) is 6.07. The lowest BCUT2D eigenvalue weighted by molar-refractivity contribution is 0.733. The summed E-state index contributed by atoms with van der Waals surface area (Å²) in [4.78, 5) is 0. The van der Waals surface area contributed by atoms with E-state index in [9.17, 15) is 0 Å². The minimum atomic E-state index is -0.393. The van der Waals surface area contributed by atoms with Crippen molar-refractivity contribution in [1.29, 1.82) is 0 Å². The van der Waals surface area contributed by atoms with Gasteiger partial charge in [0.15, 0.2) is 0 Å². The van der Waals surface area contributed by atoms with Crippen LogP contribution < -0.4 is 5.32 Å². The number of fused-ring (bicyclic) bond motifs is 3. The lowest BCUT2D eigenvalue weighted by atomic mass is 9.80. The molecule has 4 aromatic carbocycles. The predicted molar refractivity (Wildman–Crippen MR) is 108 cm³/mol. The molecule has 1 heteroatoms. The zero-order valence-electron chi connectivity index (χ0n) is 14.4. The molecule has 0 aliphatic heterocycles. The van der Waals surface area contributed by atoms with Crippen LogP contribution in [0.15, 0.2) is 109 Å². The normalized spacial score (nSPS) is 13.7. The van der Waals surface area contributed by atoms with Gasteiger partial charge in [0.1, 0.15) is 5.54 Å². The van der Waals surface area contributed by atoms with Gasteiger partial charge in [0.05, 0.1) is 0 Å². The lowest BCUT2D eigenvalue weighted by Crippen LogP contribution is -2.36. The highest BCUT2D eigenvalue weighted by Gasteiger charge is 2.44. The van der Waals surface area contributed by atoms with Crippen LogP contribution in [0.5, 0.6) is 0 Å². The standard InChI is InChI=1S/C25H19N/c1-3-11-19(12-4-1)25(26-20-13-5-2-6-14-20)23-17-9-7-15-21(23)22-16-8-10-18-24(22)25/h1-18,26H. The highest BCUT2D eigenvalue weighted by molar-refractivity contribution is 5.85. The van der Waals surface area contributed by atoms with Crippen molar-refractivity contribution in [2.24, 2.45) is 0 Å². The first kappa shape index (κ1) is 15.0. The molecule has 4 aromatic rings. The van der Waals surface area contributed by atoms with Crippen LogP contribution in [0.2, 0.25) is 0 Å². The van der Waals surface area contributed by atoms with E-state index < -0.39 is 5.54 Å². The topological polar surface area (TPSA) is 12.0 Å². The van der Waals surface area contributed by atoms with Crippen molar-refractivity contribution in [3.63, 3.8) is 0 Å². The second-order valence-corrected chi connectivity index (χ2v) is 6.70. The number of nitrogens with one attached hydrogen (secondary N) is 1. The number of rotatable bonds is 3. The van der Waals surface area contributed by atoms with Gasteiger partial charge < -0.3 is 5.32 Å². The van der Waals surface area contributed by atoms with Crippen LogP contribution in [0.25, 0.3) is 11.1 Å². The Labute approximate surface area is 154 Å². The Kier molecular flexibility index (Phi) is 3.39. The van der Waals surface area contributed by atoms with Gasteiger partial charge in [0.25, 0.3) is 0 Å². The van der Waals surface area contributed by atoms with E-state index in [1.807, 2.05) is 0 Å². The lowest BCUT2D eigenvalue weighted by Gasteiger charge is -2.35. The second kappa shape index (κ2) is 5.89. The first-order valence-corrected chi connectivity index (χ1v) is 8.98. The van der Waals surface area contributed by atoms with Gasteiger partial charge in [0, 0.05) is 5.69 Å². The van der Waals surface area contributed by atoms with E-state index in [4.69, 9.17) is 0 Å². The maximum atomic E-state index is 3.88. The van der Waals surface area contributed by atoms with Crippen LogP contribution >= 0.6 is 0 Å². The van der Waals surface area contributed by atoms with Gasteiger partial charge in [-0.25, -0.2) is 0 Å². The third-order valence-electron chi connectivity index (χ3n) is 5.26. The van der Waals surface area contributed by atoms with Crippen molar-refractivity contribution in [2.75, 3.05) is 5.32 Å². The number of hydrogen-bond donors (Lipinski definition) is 1. The number of para-hydroxylation sites is 1. The molecule has 0 amide bonds. The molecular weight excluding hydrogens is 314 g/mol. The molecule has 0 spiro atoms. The Morgan fingerprint density at radius 3 is 1.50 bits per heavy atom. The van der Waals surface area contributed by atoms with Crippen LogP contribution in [0, 0.1) is 0 Å². The monoisotopic (exact) mass is 333 g/mol. The molecule has 1 aliphatic carbocycles.